The number of anilines is 2. The van der Waals surface area contributed by atoms with Gasteiger partial charge in [-0.3, -0.25) is 4.79 Å². The second-order valence-corrected chi connectivity index (χ2v) is 6.61. The standard InChI is InChI=1S/C22H24N4O/c1-16(24-21-10-6-8-18-7-4-5-9-20(18)21)22(27)25-23-15-17-11-13-19(14-12-17)26(2)3/h4-16,24H,1-3H3,(H,25,27)/b23-15-/t16-/m1/s1. The summed E-state index contributed by atoms with van der Waals surface area (Å²) in [5.74, 6) is -0.191. The fourth-order valence-electron chi connectivity index (χ4n) is 2.78. The number of fused-ring (bicyclic) bond motifs is 1. The molecule has 1 atom stereocenters. The molecule has 0 unspecified atom stereocenters. The van der Waals surface area contributed by atoms with Crippen molar-refractivity contribution in [3.05, 3.63) is 72.3 Å². The number of amides is 1. The smallest absolute Gasteiger partial charge is 0.262 e. The highest BCUT2D eigenvalue weighted by molar-refractivity contribution is 5.96. The Bertz CT molecular complexity index is 943. The molecule has 2 N–H and O–H groups in total. The minimum atomic E-state index is -0.413. The highest BCUT2D eigenvalue weighted by atomic mass is 16.2. The van der Waals surface area contributed by atoms with Crippen LogP contribution >= 0.6 is 0 Å². The minimum absolute atomic E-state index is 0.191. The Balaban J connectivity index is 1.60. The quantitative estimate of drug-likeness (QED) is 0.518. The van der Waals surface area contributed by atoms with Gasteiger partial charge in [0, 0.05) is 30.9 Å². The van der Waals surface area contributed by atoms with Crippen molar-refractivity contribution in [1.82, 2.24) is 5.43 Å². The molecule has 5 nitrogen and oxygen atoms in total. The molecule has 0 aliphatic carbocycles. The molecule has 0 aromatic heterocycles. The lowest BCUT2D eigenvalue weighted by Crippen LogP contribution is -2.34. The number of hydrogen-bond acceptors (Lipinski definition) is 4. The zero-order valence-electron chi connectivity index (χ0n) is 15.8. The normalized spacial score (nSPS) is 12.1. The van der Waals surface area contributed by atoms with E-state index >= 15 is 0 Å². The van der Waals surface area contributed by atoms with Gasteiger partial charge in [0.1, 0.15) is 6.04 Å². The molecule has 3 aromatic rings. The van der Waals surface area contributed by atoms with Crippen LogP contribution in [0.25, 0.3) is 10.8 Å². The molecule has 3 rings (SSSR count). The van der Waals surface area contributed by atoms with Gasteiger partial charge in [0.05, 0.1) is 6.21 Å². The van der Waals surface area contributed by atoms with Crippen LogP contribution in [0, 0.1) is 0 Å². The van der Waals surface area contributed by atoms with Crippen LogP contribution in [0.4, 0.5) is 11.4 Å². The van der Waals surface area contributed by atoms with Crippen LogP contribution in [0.2, 0.25) is 0 Å². The summed E-state index contributed by atoms with van der Waals surface area (Å²) in [5.41, 5.74) is 5.57. The minimum Gasteiger partial charge on any atom is -0.378 e. The van der Waals surface area contributed by atoms with E-state index in [1.807, 2.05) is 80.5 Å². The Morgan fingerprint density at radius 1 is 1.00 bits per heavy atom. The molecular formula is C22H24N4O. The van der Waals surface area contributed by atoms with Gasteiger partial charge in [-0.2, -0.15) is 5.10 Å². The van der Waals surface area contributed by atoms with Gasteiger partial charge in [-0.05, 0) is 36.1 Å². The molecule has 0 aliphatic heterocycles. The summed E-state index contributed by atoms with van der Waals surface area (Å²) in [4.78, 5) is 14.4. The SMILES string of the molecule is C[C@@H](Nc1cccc2ccccc12)C(=O)N/N=C\c1ccc(N(C)C)cc1. The third-order valence-electron chi connectivity index (χ3n) is 4.35. The average molecular weight is 360 g/mol. The average Bonchev–Trinajstić information content (AvgIpc) is 2.68. The van der Waals surface area contributed by atoms with Crippen molar-refractivity contribution in [2.75, 3.05) is 24.3 Å². The predicted molar refractivity (Wildman–Crippen MR) is 114 cm³/mol. The molecule has 0 spiro atoms. The Labute approximate surface area is 159 Å². The lowest BCUT2D eigenvalue weighted by Gasteiger charge is -2.15. The van der Waals surface area contributed by atoms with Crippen molar-refractivity contribution < 1.29 is 4.79 Å². The molecule has 0 radical (unpaired) electrons. The summed E-state index contributed by atoms with van der Waals surface area (Å²) in [6.45, 7) is 1.82. The van der Waals surface area contributed by atoms with E-state index in [1.165, 1.54) is 0 Å². The van der Waals surface area contributed by atoms with Crippen LogP contribution < -0.4 is 15.6 Å². The van der Waals surface area contributed by atoms with Gasteiger partial charge >= 0.3 is 0 Å². The first-order valence-electron chi connectivity index (χ1n) is 8.89. The van der Waals surface area contributed by atoms with E-state index in [0.717, 1.165) is 27.7 Å². The third kappa shape index (κ3) is 4.64. The predicted octanol–water partition coefficient (Wildman–Crippen LogP) is 3.86. The van der Waals surface area contributed by atoms with Gasteiger partial charge in [0.25, 0.3) is 5.91 Å². The van der Waals surface area contributed by atoms with E-state index in [4.69, 9.17) is 0 Å². The molecule has 0 fully saturated rings. The summed E-state index contributed by atoms with van der Waals surface area (Å²) in [5, 5.41) is 9.55. The first-order chi connectivity index (χ1) is 13.0. The van der Waals surface area contributed by atoms with Crippen LogP contribution in [0.3, 0.4) is 0 Å². The number of nitrogens with one attached hydrogen (secondary N) is 2. The van der Waals surface area contributed by atoms with Gasteiger partial charge in [0.2, 0.25) is 0 Å². The maximum atomic E-state index is 12.3. The molecule has 0 aliphatic rings. The molecule has 1 amide bonds. The van der Waals surface area contributed by atoms with Crippen molar-refractivity contribution in [2.45, 2.75) is 13.0 Å². The van der Waals surface area contributed by atoms with Crippen LogP contribution in [0.1, 0.15) is 12.5 Å². The van der Waals surface area contributed by atoms with Crippen molar-refractivity contribution in [3.8, 4) is 0 Å². The first-order valence-corrected chi connectivity index (χ1v) is 8.89. The zero-order valence-corrected chi connectivity index (χ0v) is 15.8. The maximum Gasteiger partial charge on any atom is 0.262 e. The maximum absolute atomic E-state index is 12.3. The van der Waals surface area contributed by atoms with E-state index in [2.05, 4.69) is 28.0 Å². The largest absolute Gasteiger partial charge is 0.378 e. The van der Waals surface area contributed by atoms with Crippen LogP contribution in [0.15, 0.2) is 71.8 Å². The summed E-state index contributed by atoms with van der Waals surface area (Å²) in [6, 6.07) is 21.6. The lowest BCUT2D eigenvalue weighted by molar-refractivity contribution is -0.121. The van der Waals surface area contributed by atoms with Gasteiger partial charge in [0.15, 0.2) is 0 Å². The van der Waals surface area contributed by atoms with Crippen LogP contribution in [0.5, 0.6) is 0 Å². The van der Waals surface area contributed by atoms with E-state index in [9.17, 15) is 4.79 Å². The van der Waals surface area contributed by atoms with Gasteiger partial charge < -0.3 is 10.2 Å². The molecule has 138 valence electrons. The summed E-state index contributed by atoms with van der Waals surface area (Å²) < 4.78 is 0. The first kappa shape index (κ1) is 18.5. The molecule has 0 bridgehead atoms. The second-order valence-electron chi connectivity index (χ2n) is 6.61. The number of benzene rings is 3. The number of carbonyl (C=O) groups excluding carboxylic acids is 1. The van der Waals surface area contributed by atoms with E-state index in [1.54, 1.807) is 6.21 Å². The van der Waals surface area contributed by atoms with Crippen LogP contribution in [-0.4, -0.2) is 32.3 Å². The van der Waals surface area contributed by atoms with Crippen molar-refractivity contribution in [2.24, 2.45) is 5.10 Å². The number of hydrogen-bond donors (Lipinski definition) is 2. The number of nitrogens with zero attached hydrogens (tertiary/aromatic N) is 2. The third-order valence-corrected chi connectivity index (χ3v) is 4.35. The van der Waals surface area contributed by atoms with E-state index in [0.29, 0.717) is 0 Å². The molecular weight excluding hydrogens is 336 g/mol. The molecule has 0 heterocycles. The lowest BCUT2D eigenvalue weighted by atomic mass is 10.1. The molecule has 5 heteroatoms. The highest BCUT2D eigenvalue weighted by Crippen LogP contribution is 2.23. The zero-order chi connectivity index (χ0) is 19.2. The Morgan fingerprint density at radius 3 is 2.44 bits per heavy atom. The number of rotatable bonds is 6. The van der Waals surface area contributed by atoms with Gasteiger partial charge in [-0.1, -0.05) is 48.5 Å². The fourth-order valence-corrected chi connectivity index (χ4v) is 2.78. The number of carbonyl (C=O) groups is 1. The Morgan fingerprint density at radius 2 is 1.70 bits per heavy atom. The highest BCUT2D eigenvalue weighted by Gasteiger charge is 2.12. The van der Waals surface area contributed by atoms with E-state index in [-0.39, 0.29) is 5.91 Å². The van der Waals surface area contributed by atoms with Crippen LogP contribution in [-0.2, 0) is 4.79 Å². The Kier molecular flexibility index (Phi) is 5.71. The van der Waals surface area contributed by atoms with E-state index < -0.39 is 6.04 Å². The number of hydrazone groups is 1. The molecule has 27 heavy (non-hydrogen) atoms. The molecule has 0 saturated carbocycles. The van der Waals surface area contributed by atoms with Crippen molar-refractivity contribution in [3.63, 3.8) is 0 Å². The summed E-state index contributed by atoms with van der Waals surface area (Å²) >= 11 is 0. The Hall–Kier alpha value is -3.34. The second kappa shape index (κ2) is 8.36. The van der Waals surface area contributed by atoms with Gasteiger partial charge in [-0.15, -0.1) is 0 Å². The summed E-state index contributed by atoms with van der Waals surface area (Å²) in [7, 11) is 3.99. The van der Waals surface area contributed by atoms with Gasteiger partial charge in [-0.25, -0.2) is 5.43 Å². The monoisotopic (exact) mass is 360 g/mol. The topological polar surface area (TPSA) is 56.7 Å². The molecule has 0 saturated heterocycles. The summed E-state index contributed by atoms with van der Waals surface area (Å²) in [6.07, 6.45) is 1.64. The van der Waals surface area contributed by atoms with Crippen molar-refractivity contribution >= 4 is 34.3 Å². The van der Waals surface area contributed by atoms with Crippen molar-refractivity contribution in [1.29, 1.82) is 0 Å². The molecule has 3 aromatic carbocycles. The fraction of sp³-hybridized carbons (Fsp3) is 0.182.